The standard InChI is InChI=1S/C17H18ClN3/c1-12(2)11-21-16-10-6-5-9-15(16)20-17(21)19-14-8-4-3-7-13(14)18/h3-10,12H,11H2,1-2H3,(H,19,20). The monoisotopic (exact) mass is 299 g/mol. The van der Waals surface area contributed by atoms with Crippen LogP contribution < -0.4 is 5.32 Å². The summed E-state index contributed by atoms with van der Waals surface area (Å²) in [6.07, 6.45) is 0. The quantitative estimate of drug-likeness (QED) is 0.727. The number of anilines is 2. The second-order valence-electron chi connectivity index (χ2n) is 5.53. The highest BCUT2D eigenvalue weighted by Crippen LogP contribution is 2.27. The maximum absolute atomic E-state index is 6.23. The molecule has 0 fully saturated rings. The molecule has 0 spiro atoms. The number of hydrogen-bond acceptors (Lipinski definition) is 2. The third-order valence-electron chi connectivity index (χ3n) is 3.32. The number of aromatic nitrogens is 2. The maximum Gasteiger partial charge on any atom is 0.208 e. The van der Waals surface area contributed by atoms with Gasteiger partial charge in [0.25, 0.3) is 0 Å². The fraction of sp³-hybridized carbons (Fsp3) is 0.235. The van der Waals surface area contributed by atoms with Gasteiger partial charge in [-0.1, -0.05) is 49.7 Å². The third kappa shape index (κ3) is 2.88. The van der Waals surface area contributed by atoms with E-state index in [1.165, 1.54) is 0 Å². The lowest BCUT2D eigenvalue weighted by atomic mass is 10.2. The molecule has 0 aliphatic rings. The minimum Gasteiger partial charge on any atom is -0.324 e. The Hall–Kier alpha value is -2.00. The summed E-state index contributed by atoms with van der Waals surface area (Å²) >= 11 is 6.23. The first-order valence-corrected chi connectivity index (χ1v) is 7.50. The van der Waals surface area contributed by atoms with E-state index in [9.17, 15) is 0 Å². The zero-order valence-corrected chi connectivity index (χ0v) is 12.9. The van der Waals surface area contributed by atoms with Crippen LogP contribution in [0.25, 0.3) is 11.0 Å². The first kappa shape index (κ1) is 14.0. The van der Waals surface area contributed by atoms with Crippen LogP contribution in [0.5, 0.6) is 0 Å². The summed E-state index contributed by atoms with van der Waals surface area (Å²) in [4.78, 5) is 4.70. The van der Waals surface area contributed by atoms with Crippen LogP contribution in [-0.4, -0.2) is 9.55 Å². The van der Waals surface area contributed by atoms with Crippen molar-refractivity contribution in [2.45, 2.75) is 20.4 Å². The molecule has 0 atom stereocenters. The summed E-state index contributed by atoms with van der Waals surface area (Å²) in [6.45, 7) is 5.31. The van der Waals surface area contributed by atoms with Crippen molar-refractivity contribution < 1.29 is 0 Å². The molecule has 0 unspecified atom stereocenters. The van der Waals surface area contributed by atoms with E-state index in [0.29, 0.717) is 10.9 Å². The molecule has 0 saturated carbocycles. The van der Waals surface area contributed by atoms with Gasteiger partial charge in [0.15, 0.2) is 0 Å². The lowest BCUT2D eigenvalue weighted by Gasteiger charge is -2.13. The molecule has 2 aromatic carbocycles. The molecule has 0 aliphatic carbocycles. The van der Waals surface area contributed by atoms with Gasteiger partial charge in [0.05, 0.1) is 21.7 Å². The Morgan fingerprint density at radius 1 is 1.10 bits per heavy atom. The summed E-state index contributed by atoms with van der Waals surface area (Å²) in [7, 11) is 0. The van der Waals surface area contributed by atoms with Gasteiger partial charge in [-0.05, 0) is 30.2 Å². The molecule has 0 amide bonds. The van der Waals surface area contributed by atoms with E-state index in [-0.39, 0.29) is 0 Å². The van der Waals surface area contributed by atoms with E-state index in [2.05, 4.69) is 29.8 Å². The first-order valence-electron chi connectivity index (χ1n) is 7.12. The summed E-state index contributed by atoms with van der Waals surface area (Å²) in [5.74, 6) is 1.37. The van der Waals surface area contributed by atoms with Crippen LogP contribution in [0.1, 0.15) is 13.8 Å². The van der Waals surface area contributed by atoms with Gasteiger partial charge >= 0.3 is 0 Å². The maximum atomic E-state index is 6.23. The highest BCUT2D eigenvalue weighted by molar-refractivity contribution is 6.33. The summed E-state index contributed by atoms with van der Waals surface area (Å²) < 4.78 is 2.21. The van der Waals surface area contributed by atoms with Crippen molar-refractivity contribution in [1.29, 1.82) is 0 Å². The molecule has 3 aromatic rings. The van der Waals surface area contributed by atoms with Gasteiger partial charge < -0.3 is 9.88 Å². The van der Waals surface area contributed by atoms with Crippen LogP contribution in [0.3, 0.4) is 0 Å². The number of fused-ring (bicyclic) bond motifs is 1. The number of halogens is 1. The van der Waals surface area contributed by atoms with Crippen LogP contribution in [0.15, 0.2) is 48.5 Å². The third-order valence-corrected chi connectivity index (χ3v) is 3.65. The van der Waals surface area contributed by atoms with Crippen LogP contribution >= 0.6 is 11.6 Å². The number of nitrogens with one attached hydrogen (secondary N) is 1. The lowest BCUT2D eigenvalue weighted by molar-refractivity contribution is 0.537. The Morgan fingerprint density at radius 3 is 2.57 bits per heavy atom. The van der Waals surface area contributed by atoms with Gasteiger partial charge in [-0.2, -0.15) is 0 Å². The van der Waals surface area contributed by atoms with Gasteiger partial charge in [0.2, 0.25) is 5.95 Å². The smallest absolute Gasteiger partial charge is 0.208 e. The second-order valence-corrected chi connectivity index (χ2v) is 5.94. The van der Waals surface area contributed by atoms with Gasteiger partial charge in [0, 0.05) is 6.54 Å². The normalized spacial score (nSPS) is 11.2. The van der Waals surface area contributed by atoms with Crippen LogP contribution in [0.2, 0.25) is 5.02 Å². The minimum atomic E-state index is 0.536. The van der Waals surface area contributed by atoms with Gasteiger partial charge in [-0.15, -0.1) is 0 Å². The van der Waals surface area contributed by atoms with Gasteiger partial charge in [0.1, 0.15) is 0 Å². The Labute approximate surface area is 129 Å². The molecule has 1 N–H and O–H groups in total. The Kier molecular flexibility index (Phi) is 3.84. The van der Waals surface area contributed by atoms with Crippen LogP contribution in [0.4, 0.5) is 11.6 Å². The number of imidazole rings is 1. The largest absolute Gasteiger partial charge is 0.324 e. The SMILES string of the molecule is CC(C)Cn1c(Nc2ccccc2Cl)nc2ccccc21. The molecule has 108 valence electrons. The number of nitrogens with zero attached hydrogens (tertiary/aromatic N) is 2. The van der Waals surface area contributed by atoms with E-state index >= 15 is 0 Å². The van der Waals surface area contributed by atoms with Crippen LogP contribution in [-0.2, 0) is 6.54 Å². The first-order chi connectivity index (χ1) is 10.1. The number of rotatable bonds is 4. The van der Waals surface area contributed by atoms with Crippen molar-refractivity contribution in [1.82, 2.24) is 9.55 Å². The topological polar surface area (TPSA) is 29.9 Å². The van der Waals surface area contributed by atoms with Crippen molar-refractivity contribution in [3.8, 4) is 0 Å². The van der Waals surface area contributed by atoms with Crippen molar-refractivity contribution in [3.05, 3.63) is 53.6 Å². The zero-order chi connectivity index (χ0) is 14.8. The highest BCUT2D eigenvalue weighted by atomic mass is 35.5. The molecule has 0 aliphatic heterocycles. The summed E-state index contributed by atoms with van der Waals surface area (Å²) in [5, 5.41) is 4.05. The predicted octanol–water partition coefficient (Wildman–Crippen LogP) is 5.09. The van der Waals surface area contributed by atoms with Crippen molar-refractivity contribution in [3.63, 3.8) is 0 Å². The average Bonchev–Trinajstić information content (AvgIpc) is 2.79. The molecule has 0 radical (unpaired) electrons. The molecule has 1 heterocycles. The highest BCUT2D eigenvalue weighted by Gasteiger charge is 2.12. The molecule has 0 bridgehead atoms. The molecule has 3 nitrogen and oxygen atoms in total. The van der Waals surface area contributed by atoms with E-state index in [1.54, 1.807) is 0 Å². The second kappa shape index (κ2) is 5.78. The Bertz CT molecular complexity index is 762. The summed E-state index contributed by atoms with van der Waals surface area (Å²) in [5.41, 5.74) is 3.01. The van der Waals surface area contributed by atoms with E-state index in [4.69, 9.17) is 16.6 Å². The number of hydrogen-bond donors (Lipinski definition) is 1. The minimum absolute atomic E-state index is 0.536. The van der Waals surface area contributed by atoms with E-state index < -0.39 is 0 Å². The molecule has 21 heavy (non-hydrogen) atoms. The molecular weight excluding hydrogens is 282 g/mol. The molecular formula is C17H18ClN3. The van der Waals surface area contributed by atoms with Crippen LogP contribution in [0, 0.1) is 5.92 Å². The van der Waals surface area contributed by atoms with E-state index in [1.807, 2.05) is 42.5 Å². The van der Waals surface area contributed by atoms with E-state index in [0.717, 1.165) is 29.2 Å². The van der Waals surface area contributed by atoms with Crippen molar-refractivity contribution in [2.24, 2.45) is 5.92 Å². The van der Waals surface area contributed by atoms with Crippen molar-refractivity contribution in [2.75, 3.05) is 5.32 Å². The molecule has 3 rings (SSSR count). The zero-order valence-electron chi connectivity index (χ0n) is 12.2. The average molecular weight is 300 g/mol. The summed E-state index contributed by atoms with van der Waals surface area (Å²) in [6, 6.07) is 15.9. The van der Waals surface area contributed by atoms with Gasteiger partial charge in [-0.3, -0.25) is 0 Å². The Morgan fingerprint density at radius 2 is 1.81 bits per heavy atom. The fourth-order valence-corrected chi connectivity index (χ4v) is 2.59. The number of para-hydroxylation sites is 3. The fourth-order valence-electron chi connectivity index (χ4n) is 2.40. The molecule has 1 aromatic heterocycles. The molecule has 4 heteroatoms. The van der Waals surface area contributed by atoms with Crippen molar-refractivity contribution >= 4 is 34.3 Å². The number of benzene rings is 2. The lowest BCUT2D eigenvalue weighted by Crippen LogP contribution is -2.08. The molecule has 0 saturated heterocycles. The predicted molar refractivity (Wildman–Crippen MR) is 89.3 cm³/mol. The van der Waals surface area contributed by atoms with Gasteiger partial charge in [-0.25, -0.2) is 4.98 Å². The Balaban J connectivity index is 2.07.